The molecule has 2 atom stereocenters. The van der Waals surface area contributed by atoms with Gasteiger partial charge in [0.15, 0.2) is 0 Å². The second-order valence-electron chi connectivity index (χ2n) is 8.25. The lowest BCUT2D eigenvalue weighted by Gasteiger charge is -2.24. The first kappa shape index (κ1) is 20.5. The summed E-state index contributed by atoms with van der Waals surface area (Å²) >= 11 is 0. The van der Waals surface area contributed by atoms with Crippen molar-refractivity contribution >= 4 is 11.8 Å². The van der Waals surface area contributed by atoms with E-state index in [-0.39, 0.29) is 29.5 Å². The minimum absolute atomic E-state index is 0.0795. The SMILES string of the molecule is CCC(CC)C(=O)N1C[C@H]2CCn3c(C(=O)NCc4ccc(F)cc4)nnc3[C@H]2C1. The first-order chi connectivity index (χ1) is 14.5. The summed E-state index contributed by atoms with van der Waals surface area (Å²) in [6.07, 6.45) is 2.62. The van der Waals surface area contributed by atoms with Crippen LogP contribution in [0.2, 0.25) is 0 Å². The van der Waals surface area contributed by atoms with E-state index in [1.807, 2.05) is 9.47 Å². The van der Waals surface area contributed by atoms with Gasteiger partial charge in [-0.2, -0.15) is 0 Å². The molecule has 0 spiro atoms. The van der Waals surface area contributed by atoms with E-state index in [9.17, 15) is 14.0 Å². The smallest absolute Gasteiger partial charge is 0.289 e. The molecule has 1 aromatic heterocycles. The fourth-order valence-corrected chi connectivity index (χ4v) is 4.67. The molecule has 1 saturated heterocycles. The Morgan fingerprint density at radius 1 is 1.17 bits per heavy atom. The second kappa shape index (κ2) is 8.53. The van der Waals surface area contributed by atoms with Crippen LogP contribution in [0.3, 0.4) is 0 Å². The molecular weight excluding hydrogens is 385 g/mol. The number of rotatable bonds is 6. The zero-order valence-corrected chi connectivity index (χ0v) is 17.5. The number of carbonyl (C=O) groups excluding carboxylic acids is 2. The number of amides is 2. The number of carbonyl (C=O) groups is 2. The van der Waals surface area contributed by atoms with Gasteiger partial charge in [-0.05, 0) is 42.9 Å². The van der Waals surface area contributed by atoms with Gasteiger partial charge in [0.1, 0.15) is 11.6 Å². The largest absolute Gasteiger partial charge is 0.345 e. The highest BCUT2D eigenvalue weighted by atomic mass is 19.1. The molecule has 0 unspecified atom stereocenters. The molecule has 8 heteroatoms. The van der Waals surface area contributed by atoms with E-state index in [2.05, 4.69) is 29.4 Å². The first-order valence-corrected chi connectivity index (χ1v) is 10.8. The van der Waals surface area contributed by atoms with E-state index in [1.54, 1.807) is 12.1 Å². The van der Waals surface area contributed by atoms with E-state index >= 15 is 0 Å². The van der Waals surface area contributed by atoms with Crippen LogP contribution in [0.4, 0.5) is 4.39 Å². The summed E-state index contributed by atoms with van der Waals surface area (Å²) in [7, 11) is 0. The van der Waals surface area contributed by atoms with E-state index in [0.717, 1.165) is 37.2 Å². The van der Waals surface area contributed by atoms with Crippen LogP contribution in [0.25, 0.3) is 0 Å². The van der Waals surface area contributed by atoms with Crippen LogP contribution in [0.5, 0.6) is 0 Å². The van der Waals surface area contributed by atoms with E-state index in [1.165, 1.54) is 12.1 Å². The Bertz CT molecular complexity index is 922. The molecule has 2 aliphatic rings. The molecule has 3 heterocycles. The van der Waals surface area contributed by atoms with Gasteiger partial charge in [-0.1, -0.05) is 26.0 Å². The Kier molecular flexibility index (Phi) is 5.83. The number of likely N-dealkylation sites (tertiary alicyclic amines) is 1. The number of benzene rings is 1. The van der Waals surface area contributed by atoms with E-state index < -0.39 is 0 Å². The summed E-state index contributed by atoms with van der Waals surface area (Å²) in [4.78, 5) is 27.5. The number of fused-ring (bicyclic) bond motifs is 3. The lowest BCUT2D eigenvalue weighted by molar-refractivity contribution is -0.134. The van der Waals surface area contributed by atoms with Crippen LogP contribution < -0.4 is 5.32 Å². The molecule has 2 aliphatic heterocycles. The maximum Gasteiger partial charge on any atom is 0.289 e. The zero-order valence-electron chi connectivity index (χ0n) is 17.5. The van der Waals surface area contributed by atoms with Crippen LogP contribution in [0.15, 0.2) is 24.3 Å². The van der Waals surface area contributed by atoms with Crippen molar-refractivity contribution in [3.8, 4) is 0 Å². The zero-order chi connectivity index (χ0) is 21.3. The van der Waals surface area contributed by atoms with Crippen LogP contribution in [-0.2, 0) is 17.9 Å². The third-order valence-electron chi connectivity index (χ3n) is 6.49. The van der Waals surface area contributed by atoms with Gasteiger partial charge >= 0.3 is 0 Å². The van der Waals surface area contributed by atoms with E-state index in [4.69, 9.17) is 0 Å². The van der Waals surface area contributed by atoms with Gasteiger partial charge in [0.2, 0.25) is 11.7 Å². The Morgan fingerprint density at radius 2 is 1.90 bits per heavy atom. The van der Waals surface area contributed by atoms with Crippen molar-refractivity contribution in [2.24, 2.45) is 11.8 Å². The number of hydrogen-bond acceptors (Lipinski definition) is 4. The molecule has 2 aromatic rings. The number of hydrogen-bond donors (Lipinski definition) is 1. The molecule has 7 nitrogen and oxygen atoms in total. The topological polar surface area (TPSA) is 80.1 Å². The molecule has 0 bridgehead atoms. The van der Waals surface area contributed by atoms with Crippen molar-refractivity contribution in [2.75, 3.05) is 13.1 Å². The lowest BCUT2D eigenvalue weighted by Crippen LogP contribution is -2.34. The third kappa shape index (κ3) is 3.82. The first-order valence-electron chi connectivity index (χ1n) is 10.8. The minimum atomic E-state index is -0.306. The lowest BCUT2D eigenvalue weighted by atomic mass is 9.89. The normalized spacial score (nSPS) is 20.2. The maximum absolute atomic E-state index is 13.0. The van der Waals surface area contributed by atoms with Crippen molar-refractivity contribution in [1.29, 1.82) is 0 Å². The standard InChI is InChI=1S/C22H28FN5O2/c1-3-15(4-2)22(30)27-12-16-9-10-28-19(18(16)13-27)25-26-20(28)21(29)24-11-14-5-7-17(23)8-6-14/h5-8,15-16,18H,3-4,9-13H2,1-2H3,(H,24,29)/t16-,18+/m1/s1. The number of aromatic nitrogens is 3. The summed E-state index contributed by atoms with van der Waals surface area (Å²) < 4.78 is 14.9. The fraction of sp³-hybridized carbons (Fsp3) is 0.545. The Hall–Kier alpha value is -2.77. The van der Waals surface area contributed by atoms with Gasteiger partial charge in [0.05, 0.1) is 0 Å². The minimum Gasteiger partial charge on any atom is -0.345 e. The number of halogens is 1. The summed E-state index contributed by atoms with van der Waals surface area (Å²) in [5, 5.41) is 11.3. The van der Waals surface area contributed by atoms with Crippen molar-refractivity contribution in [1.82, 2.24) is 25.0 Å². The van der Waals surface area contributed by atoms with Crippen LogP contribution in [0.1, 0.15) is 61.0 Å². The Labute approximate surface area is 175 Å². The molecule has 1 N–H and O–H groups in total. The van der Waals surface area contributed by atoms with E-state index in [0.29, 0.717) is 31.4 Å². The van der Waals surface area contributed by atoms with Gasteiger partial charge < -0.3 is 14.8 Å². The summed E-state index contributed by atoms with van der Waals surface area (Å²) in [6, 6.07) is 6.03. The van der Waals surface area contributed by atoms with Crippen LogP contribution in [0, 0.1) is 17.7 Å². The van der Waals surface area contributed by atoms with Crippen molar-refractivity contribution in [2.45, 2.75) is 52.1 Å². The summed E-state index contributed by atoms with van der Waals surface area (Å²) in [6.45, 7) is 6.50. The Balaban J connectivity index is 1.44. The van der Waals surface area contributed by atoms with Gasteiger partial charge in [-0.15, -0.1) is 10.2 Å². The van der Waals surface area contributed by atoms with Gasteiger partial charge in [0.25, 0.3) is 5.91 Å². The average molecular weight is 413 g/mol. The van der Waals surface area contributed by atoms with Crippen molar-refractivity contribution in [3.05, 3.63) is 47.3 Å². The van der Waals surface area contributed by atoms with Crippen molar-refractivity contribution < 1.29 is 14.0 Å². The fourth-order valence-electron chi connectivity index (χ4n) is 4.67. The number of nitrogens with zero attached hydrogens (tertiary/aromatic N) is 4. The van der Waals surface area contributed by atoms with Crippen LogP contribution in [-0.4, -0.2) is 44.6 Å². The third-order valence-corrected chi connectivity index (χ3v) is 6.49. The maximum atomic E-state index is 13.0. The molecule has 0 aliphatic carbocycles. The second-order valence-corrected chi connectivity index (χ2v) is 8.25. The highest BCUT2D eigenvalue weighted by molar-refractivity contribution is 5.90. The molecule has 4 rings (SSSR count). The molecule has 1 aromatic carbocycles. The molecule has 30 heavy (non-hydrogen) atoms. The molecule has 0 radical (unpaired) electrons. The highest BCUT2D eigenvalue weighted by Crippen LogP contribution is 2.39. The monoisotopic (exact) mass is 413 g/mol. The quantitative estimate of drug-likeness (QED) is 0.790. The van der Waals surface area contributed by atoms with Crippen LogP contribution >= 0.6 is 0 Å². The predicted molar refractivity (Wildman–Crippen MR) is 109 cm³/mol. The molecule has 0 saturated carbocycles. The van der Waals surface area contributed by atoms with Gasteiger partial charge in [-0.3, -0.25) is 9.59 Å². The molecule has 1 fully saturated rings. The summed E-state index contributed by atoms with van der Waals surface area (Å²) in [5.74, 6) is 1.32. The average Bonchev–Trinajstić information content (AvgIpc) is 3.38. The number of nitrogens with one attached hydrogen (secondary N) is 1. The predicted octanol–water partition coefficient (Wildman–Crippen LogP) is 2.73. The highest BCUT2D eigenvalue weighted by Gasteiger charge is 2.43. The van der Waals surface area contributed by atoms with Crippen molar-refractivity contribution in [3.63, 3.8) is 0 Å². The molecule has 2 amide bonds. The Morgan fingerprint density at radius 3 is 2.60 bits per heavy atom. The van der Waals surface area contributed by atoms with Gasteiger partial charge in [-0.25, -0.2) is 4.39 Å². The summed E-state index contributed by atoms with van der Waals surface area (Å²) in [5.41, 5.74) is 0.814. The molecular formula is C22H28FN5O2. The molecule has 160 valence electrons. The van der Waals surface area contributed by atoms with Gasteiger partial charge in [0, 0.05) is 38.0 Å².